The molecule has 1 aromatic rings. The molecule has 5 nitrogen and oxygen atoms in total. The summed E-state index contributed by atoms with van der Waals surface area (Å²) in [5, 5.41) is 11.4. The van der Waals surface area contributed by atoms with E-state index < -0.39 is 0 Å². The maximum absolute atomic E-state index is 5.27. The average Bonchev–Trinajstić information content (AvgIpc) is 2.73. The molecule has 0 aliphatic carbocycles. The first-order chi connectivity index (χ1) is 7.86. The Labute approximate surface area is 96.5 Å². The van der Waals surface area contributed by atoms with Gasteiger partial charge >= 0.3 is 0 Å². The summed E-state index contributed by atoms with van der Waals surface area (Å²) in [4.78, 5) is 0. The Morgan fingerprint density at radius 3 is 3.25 bits per heavy atom. The van der Waals surface area contributed by atoms with Gasteiger partial charge in [0.25, 0.3) is 0 Å². The first-order valence-electron chi connectivity index (χ1n) is 5.65. The van der Waals surface area contributed by atoms with Crippen molar-refractivity contribution in [3.8, 4) is 0 Å². The summed E-state index contributed by atoms with van der Waals surface area (Å²) in [6.07, 6.45) is 4.81. The van der Waals surface area contributed by atoms with Crippen molar-refractivity contribution >= 4 is 0 Å². The molecular weight excluding hydrogens is 204 g/mol. The highest BCUT2D eigenvalue weighted by Crippen LogP contribution is 1.93. The molecule has 1 aromatic heterocycles. The SMILES string of the molecule is C=CCOCCn1cc(CNCCC)nn1. The molecule has 0 radical (unpaired) electrons. The summed E-state index contributed by atoms with van der Waals surface area (Å²) >= 11 is 0. The van der Waals surface area contributed by atoms with Crippen LogP contribution in [0.15, 0.2) is 18.9 Å². The third-order valence-electron chi connectivity index (χ3n) is 2.02. The standard InChI is InChI=1S/C11H20N4O/c1-3-5-12-9-11-10-15(14-13-11)6-8-16-7-4-2/h4,10,12H,2-3,5-9H2,1H3. The highest BCUT2D eigenvalue weighted by molar-refractivity contribution is 4.91. The molecule has 0 aromatic carbocycles. The van der Waals surface area contributed by atoms with Crippen LogP contribution in [0.1, 0.15) is 19.0 Å². The van der Waals surface area contributed by atoms with Gasteiger partial charge in [0.05, 0.1) is 25.5 Å². The fourth-order valence-electron chi connectivity index (χ4n) is 1.25. The van der Waals surface area contributed by atoms with Gasteiger partial charge in [-0.3, -0.25) is 0 Å². The molecule has 5 heteroatoms. The molecule has 0 fully saturated rings. The van der Waals surface area contributed by atoms with Gasteiger partial charge in [0.15, 0.2) is 0 Å². The van der Waals surface area contributed by atoms with E-state index in [1.807, 2.05) is 6.20 Å². The summed E-state index contributed by atoms with van der Waals surface area (Å²) in [6, 6.07) is 0. The Morgan fingerprint density at radius 1 is 1.62 bits per heavy atom. The van der Waals surface area contributed by atoms with Gasteiger partial charge in [-0.1, -0.05) is 18.2 Å². The third kappa shape index (κ3) is 5.04. The molecule has 0 aliphatic rings. The van der Waals surface area contributed by atoms with Crippen LogP contribution in [-0.4, -0.2) is 34.8 Å². The number of hydrogen-bond acceptors (Lipinski definition) is 4. The maximum atomic E-state index is 5.27. The molecule has 0 unspecified atom stereocenters. The smallest absolute Gasteiger partial charge is 0.0964 e. The van der Waals surface area contributed by atoms with Crippen LogP contribution in [0.25, 0.3) is 0 Å². The quantitative estimate of drug-likeness (QED) is 0.502. The summed E-state index contributed by atoms with van der Waals surface area (Å²) in [5.41, 5.74) is 0.970. The summed E-state index contributed by atoms with van der Waals surface area (Å²) in [6.45, 7) is 9.46. The number of aromatic nitrogens is 3. The van der Waals surface area contributed by atoms with Crippen LogP contribution in [0.3, 0.4) is 0 Å². The van der Waals surface area contributed by atoms with E-state index in [1.165, 1.54) is 0 Å². The summed E-state index contributed by atoms with van der Waals surface area (Å²) in [5.74, 6) is 0. The van der Waals surface area contributed by atoms with Crippen molar-refractivity contribution in [2.24, 2.45) is 0 Å². The minimum Gasteiger partial charge on any atom is -0.375 e. The Morgan fingerprint density at radius 2 is 2.50 bits per heavy atom. The first-order valence-corrected chi connectivity index (χ1v) is 5.65. The Hall–Kier alpha value is -1.20. The number of nitrogens with one attached hydrogen (secondary N) is 1. The maximum Gasteiger partial charge on any atom is 0.0964 e. The predicted molar refractivity (Wildman–Crippen MR) is 63.0 cm³/mol. The molecule has 90 valence electrons. The molecule has 0 saturated heterocycles. The highest BCUT2D eigenvalue weighted by atomic mass is 16.5. The fourth-order valence-corrected chi connectivity index (χ4v) is 1.25. The van der Waals surface area contributed by atoms with Gasteiger partial charge < -0.3 is 10.1 Å². The molecule has 1 N–H and O–H groups in total. The van der Waals surface area contributed by atoms with E-state index in [4.69, 9.17) is 4.74 Å². The highest BCUT2D eigenvalue weighted by Gasteiger charge is 1.99. The van der Waals surface area contributed by atoms with Gasteiger partial charge in [-0.05, 0) is 13.0 Å². The van der Waals surface area contributed by atoms with Crippen molar-refractivity contribution in [1.29, 1.82) is 0 Å². The van der Waals surface area contributed by atoms with E-state index in [1.54, 1.807) is 10.8 Å². The molecule has 0 aliphatic heterocycles. The molecule has 1 rings (SSSR count). The lowest BCUT2D eigenvalue weighted by Gasteiger charge is -2.00. The molecule has 0 spiro atoms. The minimum absolute atomic E-state index is 0.583. The van der Waals surface area contributed by atoms with E-state index in [2.05, 4.69) is 29.1 Å². The predicted octanol–water partition coefficient (Wildman–Crippen LogP) is 0.980. The molecular formula is C11H20N4O. The lowest BCUT2D eigenvalue weighted by Crippen LogP contribution is -2.14. The van der Waals surface area contributed by atoms with Crippen molar-refractivity contribution in [3.05, 3.63) is 24.5 Å². The van der Waals surface area contributed by atoms with Crippen molar-refractivity contribution in [3.63, 3.8) is 0 Å². The van der Waals surface area contributed by atoms with E-state index in [-0.39, 0.29) is 0 Å². The van der Waals surface area contributed by atoms with Gasteiger partial charge in [0.2, 0.25) is 0 Å². The van der Waals surface area contributed by atoms with Gasteiger partial charge in [0, 0.05) is 12.7 Å². The first kappa shape index (κ1) is 12.9. The van der Waals surface area contributed by atoms with Crippen LogP contribution >= 0.6 is 0 Å². The average molecular weight is 224 g/mol. The van der Waals surface area contributed by atoms with Gasteiger partial charge in [0.1, 0.15) is 0 Å². The minimum atomic E-state index is 0.583. The Bertz CT molecular complexity index is 298. The Kier molecular flexibility index (Phi) is 6.44. The van der Waals surface area contributed by atoms with E-state index in [0.29, 0.717) is 13.2 Å². The molecule has 0 saturated carbocycles. The van der Waals surface area contributed by atoms with Crippen LogP contribution in [0.5, 0.6) is 0 Å². The third-order valence-corrected chi connectivity index (χ3v) is 2.02. The van der Waals surface area contributed by atoms with E-state index >= 15 is 0 Å². The molecule has 0 amide bonds. The second-order valence-corrected chi connectivity index (χ2v) is 3.51. The monoisotopic (exact) mass is 224 g/mol. The van der Waals surface area contributed by atoms with E-state index in [9.17, 15) is 0 Å². The molecule has 16 heavy (non-hydrogen) atoms. The second-order valence-electron chi connectivity index (χ2n) is 3.51. The zero-order valence-corrected chi connectivity index (χ0v) is 9.85. The normalized spacial score (nSPS) is 10.6. The Balaban J connectivity index is 2.20. The van der Waals surface area contributed by atoms with Crippen LogP contribution in [0.4, 0.5) is 0 Å². The number of ether oxygens (including phenoxy) is 1. The molecule has 0 atom stereocenters. The largest absolute Gasteiger partial charge is 0.375 e. The van der Waals surface area contributed by atoms with Gasteiger partial charge in [-0.2, -0.15) is 0 Å². The zero-order valence-electron chi connectivity index (χ0n) is 9.85. The topological polar surface area (TPSA) is 52.0 Å². The zero-order chi connectivity index (χ0) is 11.6. The lowest BCUT2D eigenvalue weighted by atomic mass is 10.4. The van der Waals surface area contributed by atoms with Crippen molar-refractivity contribution < 1.29 is 4.74 Å². The van der Waals surface area contributed by atoms with E-state index in [0.717, 1.165) is 31.7 Å². The van der Waals surface area contributed by atoms with Crippen molar-refractivity contribution in [2.75, 3.05) is 19.8 Å². The van der Waals surface area contributed by atoms with Gasteiger partial charge in [-0.15, -0.1) is 11.7 Å². The number of hydrogen-bond donors (Lipinski definition) is 1. The van der Waals surface area contributed by atoms with Crippen LogP contribution in [-0.2, 0) is 17.8 Å². The van der Waals surface area contributed by atoms with Gasteiger partial charge in [-0.25, -0.2) is 4.68 Å². The second kappa shape index (κ2) is 8.01. The lowest BCUT2D eigenvalue weighted by molar-refractivity contribution is 0.149. The molecule has 0 bridgehead atoms. The summed E-state index contributed by atoms with van der Waals surface area (Å²) in [7, 11) is 0. The van der Waals surface area contributed by atoms with Crippen molar-refractivity contribution in [1.82, 2.24) is 20.3 Å². The fraction of sp³-hybridized carbons (Fsp3) is 0.636. The number of nitrogens with zero attached hydrogens (tertiary/aromatic N) is 3. The van der Waals surface area contributed by atoms with Crippen LogP contribution in [0.2, 0.25) is 0 Å². The van der Waals surface area contributed by atoms with Crippen LogP contribution in [0, 0.1) is 0 Å². The van der Waals surface area contributed by atoms with Crippen molar-refractivity contribution in [2.45, 2.75) is 26.4 Å². The molecule has 1 heterocycles. The number of rotatable bonds is 9. The summed E-state index contributed by atoms with van der Waals surface area (Å²) < 4.78 is 7.07. The van der Waals surface area contributed by atoms with Crippen LogP contribution < -0.4 is 5.32 Å².